The third-order valence-electron chi connectivity index (χ3n) is 4.94. The normalized spacial score (nSPS) is 33.4. The second-order valence-electron chi connectivity index (χ2n) is 6.23. The minimum Gasteiger partial charge on any atom is -0.347 e. The van der Waals surface area contributed by atoms with Crippen LogP contribution in [0.15, 0.2) is 5.38 Å². The van der Waals surface area contributed by atoms with Crippen molar-refractivity contribution in [2.45, 2.75) is 51.6 Å². The number of nitrogens with two attached hydrogens (primary N) is 1. The van der Waals surface area contributed by atoms with Gasteiger partial charge >= 0.3 is 0 Å². The summed E-state index contributed by atoms with van der Waals surface area (Å²) >= 11 is 1.63. The highest BCUT2D eigenvalue weighted by Crippen LogP contribution is 2.47. The molecule has 1 aromatic heterocycles. The van der Waals surface area contributed by atoms with Gasteiger partial charge in [0.05, 0.1) is 12.0 Å². The van der Waals surface area contributed by atoms with E-state index in [0.717, 1.165) is 23.5 Å². The molecule has 5 heteroatoms. The number of carbonyl (C=O) groups excluding carboxylic acids is 1. The summed E-state index contributed by atoms with van der Waals surface area (Å²) in [7, 11) is 0. The Kier molecular flexibility index (Phi) is 3.82. The van der Waals surface area contributed by atoms with Crippen LogP contribution in [-0.2, 0) is 4.79 Å². The zero-order chi connectivity index (χ0) is 14.3. The summed E-state index contributed by atoms with van der Waals surface area (Å²) in [6, 6.07) is 0.0943. The predicted octanol–water partition coefficient (Wildman–Crippen LogP) is 2.39. The van der Waals surface area contributed by atoms with Gasteiger partial charge in [-0.3, -0.25) is 4.79 Å². The van der Waals surface area contributed by atoms with E-state index in [9.17, 15) is 4.79 Å². The summed E-state index contributed by atoms with van der Waals surface area (Å²) < 4.78 is 0. The van der Waals surface area contributed by atoms with Crippen molar-refractivity contribution in [2.75, 3.05) is 0 Å². The summed E-state index contributed by atoms with van der Waals surface area (Å²) in [5.74, 6) is 1.23. The molecule has 2 aliphatic rings. The standard InChI is InChI=1S/C15H23N3OS/c1-3-11(15-17-8(2)7-20-15)18-14(19)12-9-4-5-10(6-9)13(12)16/h7,9-13H,3-6,16H2,1-2H3,(H,18,19). The lowest BCUT2D eigenvalue weighted by atomic mass is 9.84. The zero-order valence-electron chi connectivity index (χ0n) is 12.1. The molecule has 2 aliphatic carbocycles. The molecule has 3 N–H and O–H groups in total. The lowest BCUT2D eigenvalue weighted by Crippen LogP contribution is -2.46. The summed E-state index contributed by atoms with van der Waals surface area (Å²) in [4.78, 5) is 17.1. The van der Waals surface area contributed by atoms with Crippen molar-refractivity contribution in [1.82, 2.24) is 10.3 Å². The van der Waals surface area contributed by atoms with Gasteiger partial charge in [-0.2, -0.15) is 0 Å². The van der Waals surface area contributed by atoms with E-state index in [-0.39, 0.29) is 23.9 Å². The lowest BCUT2D eigenvalue weighted by Gasteiger charge is -2.28. The molecule has 2 bridgehead atoms. The maximum absolute atomic E-state index is 12.6. The molecule has 0 aromatic carbocycles. The van der Waals surface area contributed by atoms with Gasteiger partial charge in [0, 0.05) is 17.1 Å². The summed E-state index contributed by atoms with van der Waals surface area (Å²) in [5.41, 5.74) is 7.27. The lowest BCUT2D eigenvalue weighted by molar-refractivity contribution is -0.127. The van der Waals surface area contributed by atoms with Gasteiger partial charge in [0.1, 0.15) is 5.01 Å². The summed E-state index contributed by atoms with van der Waals surface area (Å²) in [6.45, 7) is 4.07. The van der Waals surface area contributed by atoms with Crippen LogP contribution in [0.3, 0.4) is 0 Å². The molecule has 0 spiro atoms. The number of amides is 1. The van der Waals surface area contributed by atoms with Crippen LogP contribution in [0.5, 0.6) is 0 Å². The molecule has 0 aliphatic heterocycles. The SMILES string of the molecule is CCC(NC(=O)C1C2CCC(C2)C1N)c1nc(C)cs1. The molecule has 1 heterocycles. The van der Waals surface area contributed by atoms with Crippen molar-refractivity contribution in [3.63, 3.8) is 0 Å². The van der Waals surface area contributed by atoms with E-state index in [4.69, 9.17) is 5.73 Å². The van der Waals surface area contributed by atoms with E-state index in [1.54, 1.807) is 11.3 Å². The van der Waals surface area contributed by atoms with Gasteiger partial charge in [0.15, 0.2) is 0 Å². The van der Waals surface area contributed by atoms with Gasteiger partial charge < -0.3 is 11.1 Å². The molecule has 1 aromatic rings. The third kappa shape index (κ3) is 2.37. The molecular formula is C15H23N3OS. The van der Waals surface area contributed by atoms with Crippen molar-refractivity contribution in [3.8, 4) is 0 Å². The second kappa shape index (κ2) is 5.45. The monoisotopic (exact) mass is 293 g/mol. The summed E-state index contributed by atoms with van der Waals surface area (Å²) in [5, 5.41) is 6.23. The molecule has 5 atom stereocenters. The zero-order valence-corrected chi connectivity index (χ0v) is 13.0. The number of rotatable bonds is 4. The van der Waals surface area contributed by atoms with Crippen LogP contribution < -0.4 is 11.1 Å². The largest absolute Gasteiger partial charge is 0.347 e. The number of aromatic nitrogens is 1. The van der Waals surface area contributed by atoms with Crippen LogP contribution in [0, 0.1) is 24.7 Å². The number of fused-ring (bicyclic) bond motifs is 2. The number of hydrogen-bond donors (Lipinski definition) is 2. The summed E-state index contributed by atoms with van der Waals surface area (Å²) in [6.07, 6.45) is 4.39. The second-order valence-corrected chi connectivity index (χ2v) is 7.12. The fourth-order valence-electron chi connectivity index (χ4n) is 3.86. The van der Waals surface area contributed by atoms with Crippen LogP contribution in [0.1, 0.15) is 49.4 Å². The Hall–Kier alpha value is -0.940. The van der Waals surface area contributed by atoms with Crippen LogP contribution in [-0.4, -0.2) is 16.9 Å². The maximum atomic E-state index is 12.6. The molecule has 2 saturated carbocycles. The van der Waals surface area contributed by atoms with Crippen molar-refractivity contribution in [2.24, 2.45) is 23.5 Å². The number of nitrogens with one attached hydrogen (secondary N) is 1. The Morgan fingerprint density at radius 3 is 2.85 bits per heavy atom. The van der Waals surface area contributed by atoms with Crippen LogP contribution in [0.4, 0.5) is 0 Å². The minimum absolute atomic E-state index is 0.0175. The molecular weight excluding hydrogens is 270 g/mol. The van der Waals surface area contributed by atoms with Crippen molar-refractivity contribution < 1.29 is 4.79 Å². The van der Waals surface area contributed by atoms with E-state index in [2.05, 4.69) is 17.2 Å². The molecule has 4 nitrogen and oxygen atoms in total. The van der Waals surface area contributed by atoms with Crippen LogP contribution in [0.25, 0.3) is 0 Å². The molecule has 0 radical (unpaired) electrons. The van der Waals surface area contributed by atoms with Gasteiger partial charge in [-0.05, 0) is 44.4 Å². The average molecular weight is 293 g/mol. The van der Waals surface area contributed by atoms with Crippen molar-refractivity contribution in [3.05, 3.63) is 16.1 Å². The number of thiazole rings is 1. The van der Waals surface area contributed by atoms with Crippen LogP contribution in [0.2, 0.25) is 0 Å². The highest BCUT2D eigenvalue weighted by Gasteiger charge is 2.49. The molecule has 0 saturated heterocycles. The van der Waals surface area contributed by atoms with Gasteiger partial charge in [-0.15, -0.1) is 11.3 Å². The quantitative estimate of drug-likeness (QED) is 0.895. The third-order valence-corrected chi connectivity index (χ3v) is 6.02. The highest BCUT2D eigenvalue weighted by atomic mass is 32.1. The smallest absolute Gasteiger partial charge is 0.225 e. The Bertz CT molecular complexity index is 499. The van der Waals surface area contributed by atoms with Gasteiger partial charge in [-0.1, -0.05) is 6.92 Å². The van der Waals surface area contributed by atoms with E-state index in [1.807, 2.05) is 12.3 Å². The fraction of sp³-hybridized carbons (Fsp3) is 0.733. The Morgan fingerprint density at radius 1 is 1.55 bits per heavy atom. The number of nitrogens with zero attached hydrogens (tertiary/aromatic N) is 1. The van der Waals surface area contributed by atoms with E-state index in [1.165, 1.54) is 12.8 Å². The number of carbonyl (C=O) groups is 1. The Labute approximate surface area is 124 Å². The average Bonchev–Trinajstić information content (AvgIpc) is 3.11. The predicted molar refractivity (Wildman–Crippen MR) is 80.3 cm³/mol. The molecule has 2 fully saturated rings. The van der Waals surface area contributed by atoms with Crippen molar-refractivity contribution >= 4 is 17.2 Å². The first-order valence-corrected chi connectivity index (χ1v) is 8.46. The first-order valence-electron chi connectivity index (χ1n) is 7.58. The van der Waals surface area contributed by atoms with Gasteiger partial charge in [-0.25, -0.2) is 4.98 Å². The minimum atomic E-state index is 0.0175. The first kappa shape index (κ1) is 14.0. The molecule has 110 valence electrons. The number of hydrogen-bond acceptors (Lipinski definition) is 4. The fourth-order valence-corrected chi connectivity index (χ4v) is 4.79. The molecule has 3 rings (SSSR count). The van der Waals surface area contributed by atoms with Crippen molar-refractivity contribution in [1.29, 1.82) is 0 Å². The maximum Gasteiger partial charge on any atom is 0.225 e. The number of aryl methyl sites for hydroxylation is 1. The van der Waals surface area contributed by atoms with E-state index >= 15 is 0 Å². The Morgan fingerprint density at radius 2 is 2.30 bits per heavy atom. The highest BCUT2D eigenvalue weighted by molar-refractivity contribution is 7.09. The Balaban J connectivity index is 1.68. The molecule has 1 amide bonds. The topological polar surface area (TPSA) is 68.0 Å². The molecule has 5 unspecified atom stereocenters. The molecule has 20 heavy (non-hydrogen) atoms. The first-order chi connectivity index (χ1) is 9.60. The van der Waals surface area contributed by atoms with Gasteiger partial charge in [0.25, 0.3) is 0 Å². The van der Waals surface area contributed by atoms with Gasteiger partial charge in [0.2, 0.25) is 5.91 Å². The van der Waals surface area contributed by atoms with E-state index in [0.29, 0.717) is 11.8 Å². The van der Waals surface area contributed by atoms with Crippen LogP contribution >= 0.6 is 11.3 Å². The van der Waals surface area contributed by atoms with E-state index < -0.39 is 0 Å².